The first-order valence-corrected chi connectivity index (χ1v) is 10.7. The van der Waals surface area contributed by atoms with Gasteiger partial charge in [0, 0.05) is 18.0 Å². The van der Waals surface area contributed by atoms with E-state index >= 15 is 0 Å². The molecule has 2 atom stereocenters. The number of ether oxygens (including phenoxy) is 2. The summed E-state index contributed by atoms with van der Waals surface area (Å²) in [6.45, 7) is 2.64. The topological polar surface area (TPSA) is 96.4 Å². The molecule has 1 N–H and O–H groups in total. The lowest BCUT2D eigenvalue weighted by Crippen LogP contribution is -2.46. The van der Waals surface area contributed by atoms with Gasteiger partial charge in [0.15, 0.2) is 5.79 Å². The molecule has 166 valence electrons. The molecule has 2 heterocycles. The van der Waals surface area contributed by atoms with Gasteiger partial charge in [-0.25, -0.2) is 4.79 Å². The molecular weight excluding hydrogens is 412 g/mol. The zero-order chi connectivity index (χ0) is 22.5. The Morgan fingerprint density at radius 1 is 1.16 bits per heavy atom. The fourth-order valence-corrected chi connectivity index (χ4v) is 5.07. The normalized spacial score (nSPS) is 22.6. The molecule has 0 aromatic heterocycles. The second-order valence-electron chi connectivity index (χ2n) is 8.50. The van der Waals surface area contributed by atoms with Crippen molar-refractivity contribution >= 4 is 24.0 Å². The van der Waals surface area contributed by atoms with Crippen molar-refractivity contribution in [2.45, 2.75) is 31.1 Å². The van der Waals surface area contributed by atoms with Gasteiger partial charge in [0.2, 0.25) is 12.3 Å². The smallest absolute Gasteiger partial charge is 0.326 e. The van der Waals surface area contributed by atoms with Crippen molar-refractivity contribution in [2.75, 3.05) is 31.2 Å². The number of amides is 2. The standard InChI is InChI=1S/C24H24N2O6/c1-15-17-4-2-3-5-19(17)20-10-16(6-7-18(15)20)25(14-27)12-22(28)26-13-24(31-8-9-32-24)11-21(26)23(29)30/h2-7,10,14-15,21H,8-9,11-13H2,1H3,(H,29,30)/t15?,21-/m0/s1. The summed E-state index contributed by atoms with van der Waals surface area (Å²) in [5, 5.41) is 9.62. The summed E-state index contributed by atoms with van der Waals surface area (Å²) < 4.78 is 11.2. The third kappa shape index (κ3) is 3.27. The van der Waals surface area contributed by atoms with E-state index in [1.54, 1.807) is 0 Å². The first kappa shape index (κ1) is 20.7. The molecule has 0 saturated carbocycles. The van der Waals surface area contributed by atoms with E-state index in [9.17, 15) is 19.5 Å². The summed E-state index contributed by atoms with van der Waals surface area (Å²) in [6, 6.07) is 12.8. The minimum Gasteiger partial charge on any atom is -0.480 e. The molecule has 1 spiro atoms. The summed E-state index contributed by atoms with van der Waals surface area (Å²) in [7, 11) is 0. The Bertz CT molecular complexity index is 1090. The minimum absolute atomic E-state index is 0.0323. The van der Waals surface area contributed by atoms with Gasteiger partial charge in [0.1, 0.15) is 12.6 Å². The molecule has 2 fully saturated rings. The van der Waals surface area contributed by atoms with Crippen molar-refractivity contribution in [1.82, 2.24) is 4.90 Å². The van der Waals surface area contributed by atoms with Gasteiger partial charge in [-0.05, 0) is 34.4 Å². The van der Waals surface area contributed by atoms with E-state index in [0.29, 0.717) is 25.3 Å². The van der Waals surface area contributed by atoms with E-state index in [1.807, 2.05) is 30.3 Å². The predicted octanol–water partition coefficient (Wildman–Crippen LogP) is 2.21. The van der Waals surface area contributed by atoms with Crippen LogP contribution in [-0.2, 0) is 23.9 Å². The van der Waals surface area contributed by atoms with Crippen molar-refractivity contribution < 1.29 is 29.0 Å². The number of carboxylic acids is 1. The van der Waals surface area contributed by atoms with Crippen LogP contribution in [0, 0.1) is 0 Å². The lowest BCUT2D eigenvalue weighted by atomic mass is 9.99. The Morgan fingerprint density at radius 3 is 2.59 bits per heavy atom. The van der Waals surface area contributed by atoms with E-state index in [-0.39, 0.29) is 25.4 Å². The summed E-state index contributed by atoms with van der Waals surface area (Å²) in [5.41, 5.74) is 5.16. The molecular formula is C24H24N2O6. The largest absolute Gasteiger partial charge is 0.480 e. The molecule has 2 saturated heterocycles. The fourth-order valence-electron chi connectivity index (χ4n) is 5.07. The number of carbonyl (C=O) groups excluding carboxylic acids is 2. The quantitative estimate of drug-likeness (QED) is 0.722. The first-order valence-electron chi connectivity index (χ1n) is 10.7. The van der Waals surface area contributed by atoms with Crippen LogP contribution in [0.1, 0.15) is 30.4 Å². The van der Waals surface area contributed by atoms with Crippen LogP contribution < -0.4 is 4.90 Å². The Labute approximate surface area is 185 Å². The molecule has 2 aromatic rings. The maximum absolute atomic E-state index is 13.1. The number of benzene rings is 2. The Balaban J connectivity index is 1.39. The van der Waals surface area contributed by atoms with Gasteiger partial charge in [-0.3, -0.25) is 9.59 Å². The highest BCUT2D eigenvalue weighted by atomic mass is 16.7. The molecule has 8 heteroatoms. The highest BCUT2D eigenvalue weighted by Gasteiger charge is 2.52. The average molecular weight is 436 g/mol. The van der Waals surface area contributed by atoms with Crippen LogP contribution in [-0.4, -0.2) is 66.4 Å². The maximum Gasteiger partial charge on any atom is 0.326 e. The third-order valence-electron chi connectivity index (χ3n) is 6.70. The molecule has 32 heavy (non-hydrogen) atoms. The minimum atomic E-state index is -1.12. The first-order chi connectivity index (χ1) is 15.4. The molecule has 2 amide bonds. The van der Waals surface area contributed by atoms with Gasteiger partial charge in [-0.1, -0.05) is 37.3 Å². The third-order valence-corrected chi connectivity index (χ3v) is 6.70. The van der Waals surface area contributed by atoms with Gasteiger partial charge in [-0.15, -0.1) is 0 Å². The van der Waals surface area contributed by atoms with Gasteiger partial charge in [-0.2, -0.15) is 0 Å². The number of anilines is 1. The molecule has 5 rings (SSSR count). The number of aliphatic carboxylic acids is 1. The summed E-state index contributed by atoms with van der Waals surface area (Å²) >= 11 is 0. The van der Waals surface area contributed by atoms with E-state index in [1.165, 1.54) is 20.9 Å². The lowest BCUT2D eigenvalue weighted by Gasteiger charge is -2.26. The summed E-state index contributed by atoms with van der Waals surface area (Å²) in [4.78, 5) is 39.3. The zero-order valence-corrected chi connectivity index (χ0v) is 17.7. The highest BCUT2D eigenvalue weighted by Crippen LogP contribution is 2.45. The van der Waals surface area contributed by atoms with Crippen molar-refractivity contribution in [3.05, 3.63) is 53.6 Å². The highest BCUT2D eigenvalue weighted by molar-refractivity contribution is 5.93. The zero-order valence-electron chi connectivity index (χ0n) is 17.7. The summed E-state index contributed by atoms with van der Waals surface area (Å²) in [6.07, 6.45) is 0.677. The Kier molecular flexibility index (Phi) is 4.98. The van der Waals surface area contributed by atoms with Crippen molar-refractivity contribution in [3.63, 3.8) is 0 Å². The van der Waals surface area contributed by atoms with Gasteiger partial charge >= 0.3 is 5.97 Å². The van der Waals surface area contributed by atoms with Gasteiger partial charge in [0.05, 0.1) is 19.8 Å². The van der Waals surface area contributed by atoms with Crippen molar-refractivity contribution in [2.24, 2.45) is 0 Å². The maximum atomic E-state index is 13.1. The molecule has 1 unspecified atom stereocenters. The predicted molar refractivity (Wildman–Crippen MR) is 115 cm³/mol. The number of carboxylic acid groups (broad SMARTS) is 1. The number of rotatable bonds is 5. The Hall–Kier alpha value is -3.23. The number of fused-ring (bicyclic) bond motifs is 3. The molecule has 2 aliphatic heterocycles. The average Bonchev–Trinajstić information content (AvgIpc) is 3.50. The molecule has 1 aliphatic carbocycles. The SMILES string of the molecule is CC1c2ccccc2-c2cc(N(C=O)CC(=O)N3CC4(C[C@H]3C(=O)O)OCCO4)ccc21. The molecule has 8 nitrogen and oxygen atoms in total. The molecule has 2 aromatic carbocycles. The van der Waals surface area contributed by atoms with Gasteiger partial charge < -0.3 is 24.4 Å². The second kappa shape index (κ2) is 7.72. The number of hydrogen-bond acceptors (Lipinski definition) is 5. The fraction of sp³-hybridized carbons (Fsp3) is 0.375. The van der Waals surface area contributed by atoms with Crippen LogP contribution in [0.25, 0.3) is 11.1 Å². The van der Waals surface area contributed by atoms with Crippen LogP contribution in [0.3, 0.4) is 0 Å². The number of carbonyl (C=O) groups is 3. The van der Waals surface area contributed by atoms with Crippen LogP contribution in [0.4, 0.5) is 5.69 Å². The van der Waals surface area contributed by atoms with Crippen molar-refractivity contribution in [3.8, 4) is 11.1 Å². The van der Waals surface area contributed by atoms with Crippen LogP contribution in [0.2, 0.25) is 0 Å². The van der Waals surface area contributed by atoms with E-state index in [0.717, 1.165) is 11.1 Å². The molecule has 0 bridgehead atoms. The van der Waals surface area contributed by atoms with E-state index in [4.69, 9.17) is 9.47 Å². The molecule has 0 radical (unpaired) electrons. The van der Waals surface area contributed by atoms with Crippen LogP contribution in [0.15, 0.2) is 42.5 Å². The van der Waals surface area contributed by atoms with Crippen molar-refractivity contribution in [1.29, 1.82) is 0 Å². The van der Waals surface area contributed by atoms with Crippen LogP contribution >= 0.6 is 0 Å². The van der Waals surface area contributed by atoms with E-state index < -0.39 is 23.7 Å². The van der Waals surface area contributed by atoms with Gasteiger partial charge in [0.25, 0.3) is 0 Å². The molecule has 3 aliphatic rings. The van der Waals surface area contributed by atoms with Crippen LogP contribution in [0.5, 0.6) is 0 Å². The number of likely N-dealkylation sites (tertiary alicyclic amines) is 1. The Morgan fingerprint density at radius 2 is 1.88 bits per heavy atom. The lowest BCUT2D eigenvalue weighted by molar-refractivity contribution is -0.152. The summed E-state index contributed by atoms with van der Waals surface area (Å²) in [5.74, 6) is -2.40. The number of hydrogen-bond donors (Lipinski definition) is 1. The monoisotopic (exact) mass is 436 g/mol. The second-order valence-corrected chi connectivity index (χ2v) is 8.50. The number of nitrogens with zero attached hydrogens (tertiary/aromatic N) is 2. The van der Waals surface area contributed by atoms with E-state index in [2.05, 4.69) is 19.1 Å².